The summed E-state index contributed by atoms with van der Waals surface area (Å²) in [5.74, 6) is 0.761. The van der Waals surface area contributed by atoms with Gasteiger partial charge in [-0.15, -0.1) is 11.3 Å². The number of rotatable bonds is 4. The zero-order valence-corrected chi connectivity index (χ0v) is 14.9. The molecule has 3 rings (SSSR count). The number of para-hydroxylation sites is 1. The lowest BCUT2D eigenvalue weighted by molar-refractivity contribution is 0.415. The number of thiocarbonyl (C=S) groups is 1. The Morgan fingerprint density at radius 1 is 1.21 bits per heavy atom. The molecular weight excluding hydrogens is 340 g/mol. The molecule has 0 bridgehead atoms. The summed E-state index contributed by atoms with van der Waals surface area (Å²) in [5, 5.41) is 8.65. The number of fused-ring (bicyclic) bond motifs is 1. The van der Waals surface area contributed by atoms with Gasteiger partial charge < -0.3 is 10.1 Å². The van der Waals surface area contributed by atoms with Gasteiger partial charge in [0.25, 0.3) is 0 Å². The topological polar surface area (TPSA) is 58.5 Å². The minimum absolute atomic E-state index is 0.406. The first kappa shape index (κ1) is 16.4. The van der Waals surface area contributed by atoms with Crippen molar-refractivity contribution in [1.29, 1.82) is 0 Å². The lowest BCUT2D eigenvalue weighted by Gasteiger charge is -2.08. The highest BCUT2D eigenvalue weighted by atomic mass is 32.1. The molecule has 24 heavy (non-hydrogen) atoms. The molecule has 0 aliphatic heterocycles. The quantitative estimate of drug-likeness (QED) is 0.420. The third-order valence-electron chi connectivity index (χ3n) is 3.26. The molecule has 0 aliphatic rings. The SMILES string of the molecule is COc1cccc(NC(=S)N/N=C(/C)c2nc3ccccc3s2)c1. The summed E-state index contributed by atoms with van der Waals surface area (Å²) in [6.07, 6.45) is 0. The van der Waals surface area contributed by atoms with Crippen LogP contribution in [0.5, 0.6) is 5.75 Å². The van der Waals surface area contributed by atoms with Crippen molar-refractivity contribution in [3.8, 4) is 5.75 Å². The van der Waals surface area contributed by atoms with Gasteiger partial charge in [-0.05, 0) is 43.4 Å². The van der Waals surface area contributed by atoms with Crippen molar-refractivity contribution in [2.45, 2.75) is 6.92 Å². The van der Waals surface area contributed by atoms with E-state index in [1.54, 1.807) is 18.4 Å². The predicted octanol–water partition coefficient (Wildman–Crippen LogP) is 4.02. The van der Waals surface area contributed by atoms with Crippen molar-refractivity contribution >= 4 is 50.3 Å². The highest BCUT2D eigenvalue weighted by molar-refractivity contribution is 7.80. The number of thiazole rings is 1. The monoisotopic (exact) mass is 356 g/mol. The van der Waals surface area contributed by atoms with Crippen molar-refractivity contribution in [2.24, 2.45) is 5.10 Å². The molecular formula is C17H16N4OS2. The summed E-state index contributed by atoms with van der Waals surface area (Å²) < 4.78 is 6.32. The number of nitrogens with zero attached hydrogens (tertiary/aromatic N) is 2. The van der Waals surface area contributed by atoms with Gasteiger partial charge in [0.2, 0.25) is 0 Å². The fourth-order valence-corrected chi connectivity index (χ4v) is 3.14. The van der Waals surface area contributed by atoms with E-state index in [9.17, 15) is 0 Å². The largest absolute Gasteiger partial charge is 0.497 e. The molecule has 0 saturated heterocycles. The van der Waals surface area contributed by atoms with Crippen molar-refractivity contribution < 1.29 is 4.74 Å². The van der Waals surface area contributed by atoms with Crippen molar-refractivity contribution in [2.75, 3.05) is 12.4 Å². The second kappa shape index (κ2) is 7.37. The molecule has 0 spiro atoms. The number of hydrazone groups is 1. The van der Waals surface area contributed by atoms with E-state index in [2.05, 4.69) is 20.8 Å². The molecule has 1 heterocycles. The van der Waals surface area contributed by atoms with Gasteiger partial charge >= 0.3 is 0 Å². The molecule has 2 aromatic carbocycles. The maximum Gasteiger partial charge on any atom is 0.191 e. The van der Waals surface area contributed by atoms with Crippen LogP contribution in [-0.2, 0) is 0 Å². The first-order valence-corrected chi connectivity index (χ1v) is 8.49. The average Bonchev–Trinajstić information content (AvgIpc) is 3.04. The molecule has 0 unspecified atom stereocenters. The van der Waals surface area contributed by atoms with E-state index in [0.717, 1.165) is 32.4 Å². The average molecular weight is 356 g/mol. The molecule has 122 valence electrons. The van der Waals surface area contributed by atoms with E-state index in [1.807, 2.05) is 55.5 Å². The molecule has 1 aromatic heterocycles. The van der Waals surface area contributed by atoms with Crippen LogP contribution in [0.25, 0.3) is 10.2 Å². The standard InChI is InChI=1S/C17H16N4OS2/c1-11(16-19-14-8-3-4-9-15(14)24-16)20-21-17(23)18-12-6-5-7-13(10-12)22-2/h3-10H,1-2H3,(H2,18,21,23)/b20-11-. The number of methoxy groups -OCH3 is 1. The van der Waals surface area contributed by atoms with Crippen LogP contribution in [0.1, 0.15) is 11.9 Å². The minimum Gasteiger partial charge on any atom is -0.497 e. The lowest BCUT2D eigenvalue weighted by atomic mass is 10.3. The number of aromatic nitrogens is 1. The van der Waals surface area contributed by atoms with Gasteiger partial charge in [-0.3, -0.25) is 5.43 Å². The number of ether oxygens (including phenoxy) is 1. The first-order chi connectivity index (χ1) is 11.7. The van der Waals surface area contributed by atoms with Crippen LogP contribution >= 0.6 is 23.6 Å². The summed E-state index contributed by atoms with van der Waals surface area (Å²) in [7, 11) is 1.63. The number of nitrogens with one attached hydrogen (secondary N) is 2. The van der Waals surface area contributed by atoms with Crippen molar-refractivity contribution in [3.63, 3.8) is 0 Å². The summed E-state index contributed by atoms with van der Waals surface area (Å²) in [6.45, 7) is 1.90. The summed E-state index contributed by atoms with van der Waals surface area (Å²) in [5.41, 5.74) is 5.44. The van der Waals surface area contributed by atoms with E-state index >= 15 is 0 Å². The maximum absolute atomic E-state index is 5.26. The second-order valence-electron chi connectivity index (χ2n) is 4.98. The highest BCUT2D eigenvalue weighted by Gasteiger charge is 2.06. The Balaban J connectivity index is 1.66. The molecule has 0 aliphatic carbocycles. The van der Waals surface area contributed by atoms with E-state index < -0.39 is 0 Å². The van der Waals surface area contributed by atoms with Crippen LogP contribution < -0.4 is 15.5 Å². The molecule has 0 amide bonds. The zero-order chi connectivity index (χ0) is 16.9. The van der Waals surface area contributed by atoms with Crippen LogP contribution in [0.15, 0.2) is 53.6 Å². The number of hydrogen-bond acceptors (Lipinski definition) is 5. The van der Waals surface area contributed by atoms with Crippen LogP contribution in [-0.4, -0.2) is 22.9 Å². The van der Waals surface area contributed by atoms with Crippen molar-refractivity contribution in [1.82, 2.24) is 10.4 Å². The molecule has 0 saturated carbocycles. The van der Waals surface area contributed by atoms with E-state index in [0.29, 0.717) is 5.11 Å². The van der Waals surface area contributed by atoms with Gasteiger partial charge in [-0.1, -0.05) is 18.2 Å². The van der Waals surface area contributed by atoms with E-state index in [4.69, 9.17) is 17.0 Å². The predicted molar refractivity (Wildman–Crippen MR) is 104 cm³/mol. The third-order valence-corrected chi connectivity index (χ3v) is 4.59. The molecule has 2 N–H and O–H groups in total. The summed E-state index contributed by atoms with van der Waals surface area (Å²) in [4.78, 5) is 4.56. The van der Waals surface area contributed by atoms with Crippen LogP contribution in [0.3, 0.4) is 0 Å². The smallest absolute Gasteiger partial charge is 0.191 e. The van der Waals surface area contributed by atoms with Gasteiger partial charge in [0, 0.05) is 11.8 Å². The summed E-state index contributed by atoms with van der Waals surface area (Å²) in [6, 6.07) is 15.5. The molecule has 7 heteroatoms. The Morgan fingerprint density at radius 2 is 2.04 bits per heavy atom. The van der Waals surface area contributed by atoms with Gasteiger partial charge in [0.1, 0.15) is 10.8 Å². The fraction of sp³-hybridized carbons (Fsp3) is 0.118. The minimum atomic E-state index is 0.406. The Morgan fingerprint density at radius 3 is 2.83 bits per heavy atom. The first-order valence-electron chi connectivity index (χ1n) is 7.27. The van der Waals surface area contributed by atoms with Gasteiger partial charge in [-0.2, -0.15) is 5.10 Å². The normalized spacial score (nSPS) is 11.3. The van der Waals surface area contributed by atoms with Crippen LogP contribution in [0.2, 0.25) is 0 Å². The number of anilines is 1. The molecule has 3 aromatic rings. The number of hydrogen-bond donors (Lipinski definition) is 2. The third kappa shape index (κ3) is 3.87. The highest BCUT2D eigenvalue weighted by Crippen LogP contribution is 2.22. The molecule has 0 atom stereocenters. The molecule has 0 radical (unpaired) electrons. The Labute approximate surface area is 149 Å². The van der Waals surface area contributed by atoms with Gasteiger partial charge in [-0.25, -0.2) is 4.98 Å². The Kier molecular flexibility index (Phi) is 5.02. The fourth-order valence-electron chi connectivity index (χ4n) is 2.07. The zero-order valence-electron chi connectivity index (χ0n) is 13.2. The second-order valence-corrected chi connectivity index (χ2v) is 6.42. The summed E-state index contributed by atoms with van der Waals surface area (Å²) >= 11 is 6.86. The van der Waals surface area contributed by atoms with Gasteiger partial charge in [0.05, 0.1) is 23.0 Å². The molecule has 0 fully saturated rings. The molecule has 5 nitrogen and oxygen atoms in total. The van der Waals surface area contributed by atoms with E-state index in [1.165, 1.54) is 0 Å². The Hall–Kier alpha value is -2.51. The lowest BCUT2D eigenvalue weighted by Crippen LogP contribution is -2.24. The number of benzene rings is 2. The van der Waals surface area contributed by atoms with Crippen LogP contribution in [0, 0.1) is 0 Å². The van der Waals surface area contributed by atoms with Crippen LogP contribution in [0.4, 0.5) is 5.69 Å². The van der Waals surface area contributed by atoms with Crippen molar-refractivity contribution in [3.05, 3.63) is 53.5 Å². The van der Waals surface area contributed by atoms with Gasteiger partial charge in [0.15, 0.2) is 5.11 Å². The maximum atomic E-state index is 5.26. The van der Waals surface area contributed by atoms with E-state index in [-0.39, 0.29) is 0 Å². The Bertz CT molecular complexity index is 871.